The van der Waals surface area contributed by atoms with Gasteiger partial charge in [0.2, 0.25) is 0 Å². The quantitative estimate of drug-likeness (QED) is 0.701. The molecule has 0 bridgehead atoms. The molecule has 2 aliphatic rings. The van der Waals surface area contributed by atoms with Crippen molar-refractivity contribution in [1.29, 1.82) is 0 Å². The molecular weight excluding hydrogens is 343 g/mol. The maximum absolute atomic E-state index is 14.7. The minimum absolute atomic E-state index is 0.134. The van der Waals surface area contributed by atoms with Crippen LogP contribution in [0.4, 0.5) is 4.39 Å². The van der Waals surface area contributed by atoms with Crippen LogP contribution in [0.15, 0.2) is 36.4 Å². The number of hydrogen-bond donors (Lipinski definition) is 1. The molecule has 142 valence electrons. The minimum Gasteiger partial charge on any atom is -0.490 e. The third kappa shape index (κ3) is 3.58. The second-order valence-electron chi connectivity index (χ2n) is 8.00. The van der Waals surface area contributed by atoms with Crippen LogP contribution in [0.3, 0.4) is 0 Å². The molecule has 2 fully saturated rings. The Hall–Kier alpha value is -2.36. The Balaban J connectivity index is 1.79. The van der Waals surface area contributed by atoms with E-state index in [-0.39, 0.29) is 23.4 Å². The monoisotopic (exact) mass is 368 g/mol. The summed E-state index contributed by atoms with van der Waals surface area (Å²) < 4.78 is 21.0. The van der Waals surface area contributed by atoms with Gasteiger partial charge in [0.05, 0.1) is 11.7 Å². The van der Waals surface area contributed by atoms with Crippen LogP contribution >= 0.6 is 0 Å². The highest BCUT2D eigenvalue weighted by Crippen LogP contribution is 2.45. The van der Waals surface area contributed by atoms with Crippen molar-refractivity contribution in [2.45, 2.75) is 57.5 Å². The molecule has 2 aromatic carbocycles. The molecule has 1 unspecified atom stereocenters. The lowest BCUT2D eigenvalue weighted by Crippen LogP contribution is -2.15. The van der Waals surface area contributed by atoms with Crippen molar-refractivity contribution in [2.75, 3.05) is 0 Å². The van der Waals surface area contributed by atoms with E-state index in [0.29, 0.717) is 22.8 Å². The molecule has 0 radical (unpaired) electrons. The largest absolute Gasteiger partial charge is 0.490 e. The summed E-state index contributed by atoms with van der Waals surface area (Å²) in [5.74, 6) is 0.299. The van der Waals surface area contributed by atoms with Crippen LogP contribution in [0.2, 0.25) is 0 Å². The van der Waals surface area contributed by atoms with Gasteiger partial charge in [-0.15, -0.1) is 0 Å². The highest BCUT2D eigenvalue weighted by Gasteiger charge is 2.28. The molecule has 0 aliphatic heterocycles. The topological polar surface area (TPSA) is 46.5 Å². The highest BCUT2D eigenvalue weighted by molar-refractivity contribution is 5.91. The summed E-state index contributed by atoms with van der Waals surface area (Å²) in [4.78, 5) is 11.5. The molecule has 2 aliphatic carbocycles. The number of rotatable bonds is 5. The molecular formula is C23H25FO3. The van der Waals surface area contributed by atoms with E-state index in [2.05, 4.69) is 6.92 Å². The second-order valence-corrected chi connectivity index (χ2v) is 8.00. The van der Waals surface area contributed by atoms with E-state index in [1.165, 1.54) is 6.07 Å². The summed E-state index contributed by atoms with van der Waals surface area (Å²) in [6.45, 7) is 2.22. The molecule has 2 aromatic rings. The molecule has 4 rings (SSSR count). The number of carboxylic acid groups (broad SMARTS) is 1. The van der Waals surface area contributed by atoms with Gasteiger partial charge < -0.3 is 9.84 Å². The molecule has 0 heterocycles. The van der Waals surface area contributed by atoms with Crippen molar-refractivity contribution in [1.82, 2.24) is 0 Å². The van der Waals surface area contributed by atoms with Crippen molar-refractivity contribution >= 4 is 5.97 Å². The fraction of sp³-hybridized carbons (Fsp3) is 0.435. The zero-order valence-electron chi connectivity index (χ0n) is 15.6. The van der Waals surface area contributed by atoms with E-state index in [1.807, 2.05) is 6.07 Å². The number of aromatic carboxylic acids is 1. The average Bonchev–Trinajstić information content (AvgIpc) is 3.00. The van der Waals surface area contributed by atoms with Gasteiger partial charge in [-0.2, -0.15) is 0 Å². The van der Waals surface area contributed by atoms with Crippen molar-refractivity contribution in [2.24, 2.45) is 5.92 Å². The summed E-state index contributed by atoms with van der Waals surface area (Å²) in [6.07, 6.45) is 6.33. The smallest absolute Gasteiger partial charge is 0.335 e. The Morgan fingerprint density at radius 1 is 1.11 bits per heavy atom. The van der Waals surface area contributed by atoms with Crippen LogP contribution < -0.4 is 4.74 Å². The van der Waals surface area contributed by atoms with Crippen molar-refractivity contribution in [3.63, 3.8) is 0 Å². The molecule has 27 heavy (non-hydrogen) atoms. The predicted molar refractivity (Wildman–Crippen MR) is 103 cm³/mol. The zero-order chi connectivity index (χ0) is 19.0. The summed E-state index contributed by atoms with van der Waals surface area (Å²) in [7, 11) is 0. The van der Waals surface area contributed by atoms with Crippen molar-refractivity contribution in [3.8, 4) is 16.9 Å². The van der Waals surface area contributed by atoms with Gasteiger partial charge in [-0.3, -0.25) is 0 Å². The van der Waals surface area contributed by atoms with Gasteiger partial charge in [-0.25, -0.2) is 9.18 Å². The van der Waals surface area contributed by atoms with Crippen LogP contribution in [0, 0.1) is 11.7 Å². The van der Waals surface area contributed by atoms with Gasteiger partial charge in [0.1, 0.15) is 11.6 Å². The number of ether oxygens (including phenoxy) is 1. The molecule has 2 atom stereocenters. The Morgan fingerprint density at radius 2 is 1.93 bits per heavy atom. The Labute approximate surface area is 159 Å². The standard InChI is InChI=1S/C23H25FO3/c1-14-8-10-17(12-14)27-21-11-9-16(23(25)26)13-19(21)18-6-3-7-20(24)22(18)15-4-2-5-15/h3,6-7,9,11,13-15,17H,2,4-5,8,10,12H2,1H3,(H,25,26)/t14?,17-/m1/s1. The lowest BCUT2D eigenvalue weighted by atomic mass is 9.76. The van der Waals surface area contributed by atoms with E-state index in [9.17, 15) is 14.3 Å². The first kappa shape index (κ1) is 18.0. The summed E-state index contributed by atoms with van der Waals surface area (Å²) in [5, 5.41) is 9.44. The first-order valence-corrected chi connectivity index (χ1v) is 9.85. The van der Waals surface area contributed by atoms with E-state index in [0.717, 1.165) is 44.1 Å². The van der Waals surface area contributed by atoms with Crippen LogP contribution in [-0.2, 0) is 0 Å². The normalized spacial score (nSPS) is 22.4. The van der Waals surface area contributed by atoms with E-state index in [1.54, 1.807) is 24.3 Å². The maximum atomic E-state index is 14.7. The van der Waals surface area contributed by atoms with Gasteiger partial charge in [-0.05, 0) is 79.3 Å². The molecule has 4 heteroatoms. The number of halogens is 1. The number of benzene rings is 2. The fourth-order valence-electron chi connectivity index (χ4n) is 4.30. The fourth-order valence-corrected chi connectivity index (χ4v) is 4.30. The molecule has 2 saturated carbocycles. The zero-order valence-corrected chi connectivity index (χ0v) is 15.6. The lowest BCUT2D eigenvalue weighted by Gasteiger charge is -2.29. The number of carbonyl (C=O) groups is 1. The highest BCUT2D eigenvalue weighted by atomic mass is 19.1. The van der Waals surface area contributed by atoms with Crippen LogP contribution in [-0.4, -0.2) is 17.2 Å². The van der Waals surface area contributed by atoms with Gasteiger partial charge in [-0.1, -0.05) is 25.5 Å². The molecule has 0 aromatic heterocycles. The van der Waals surface area contributed by atoms with E-state index < -0.39 is 5.97 Å². The Morgan fingerprint density at radius 3 is 2.56 bits per heavy atom. The summed E-state index contributed by atoms with van der Waals surface area (Å²) >= 11 is 0. The van der Waals surface area contributed by atoms with Gasteiger partial charge in [0.25, 0.3) is 0 Å². The molecule has 0 saturated heterocycles. The Kier molecular flexibility index (Phi) is 4.90. The number of hydrogen-bond acceptors (Lipinski definition) is 2. The second kappa shape index (κ2) is 7.34. The van der Waals surface area contributed by atoms with Crippen LogP contribution in [0.5, 0.6) is 5.75 Å². The summed E-state index contributed by atoms with van der Waals surface area (Å²) in [5.41, 5.74) is 2.36. The third-order valence-corrected chi connectivity index (χ3v) is 6.02. The number of carboxylic acids is 1. The predicted octanol–water partition coefficient (Wildman–Crippen LogP) is 6.03. The van der Waals surface area contributed by atoms with E-state index >= 15 is 0 Å². The lowest BCUT2D eigenvalue weighted by molar-refractivity contribution is 0.0697. The maximum Gasteiger partial charge on any atom is 0.335 e. The molecule has 0 spiro atoms. The summed E-state index contributed by atoms with van der Waals surface area (Å²) in [6, 6.07) is 10.0. The SMILES string of the molecule is CC1CC[C@@H](Oc2ccc(C(=O)O)cc2-c2cccc(F)c2C2CCC2)C1. The van der Waals surface area contributed by atoms with Crippen LogP contribution in [0.1, 0.15) is 67.3 Å². The molecule has 0 amide bonds. The molecule has 1 N–H and O–H groups in total. The third-order valence-electron chi connectivity index (χ3n) is 6.02. The van der Waals surface area contributed by atoms with Crippen molar-refractivity contribution in [3.05, 3.63) is 53.3 Å². The van der Waals surface area contributed by atoms with Gasteiger partial charge in [0.15, 0.2) is 0 Å². The van der Waals surface area contributed by atoms with Crippen molar-refractivity contribution < 1.29 is 19.0 Å². The Bertz CT molecular complexity index is 857. The van der Waals surface area contributed by atoms with Gasteiger partial charge >= 0.3 is 5.97 Å². The minimum atomic E-state index is -0.987. The van der Waals surface area contributed by atoms with E-state index in [4.69, 9.17) is 4.74 Å². The molecule has 3 nitrogen and oxygen atoms in total. The van der Waals surface area contributed by atoms with Crippen LogP contribution in [0.25, 0.3) is 11.1 Å². The first-order valence-electron chi connectivity index (χ1n) is 9.85. The van der Waals surface area contributed by atoms with Gasteiger partial charge in [0, 0.05) is 5.56 Å². The first-order chi connectivity index (χ1) is 13.0. The average molecular weight is 368 g/mol.